The highest BCUT2D eigenvalue weighted by atomic mass is 16.4. The largest absolute Gasteiger partial charge is 0.480 e. The van der Waals surface area contributed by atoms with Crippen LogP contribution in [0.25, 0.3) is 0 Å². The van der Waals surface area contributed by atoms with Crippen LogP contribution in [0.1, 0.15) is 32.6 Å². The molecule has 1 rings (SSSR count). The second kappa shape index (κ2) is 5.30. The van der Waals surface area contributed by atoms with Crippen LogP contribution < -0.4 is 5.32 Å². The summed E-state index contributed by atoms with van der Waals surface area (Å²) in [4.78, 5) is 24.6. The highest BCUT2D eigenvalue weighted by Crippen LogP contribution is 2.29. The molecule has 1 saturated heterocycles. The molecule has 1 fully saturated rings. The van der Waals surface area contributed by atoms with Crippen LogP contribution in [0.5, 0.6) is 0 Å². The summed E-state index contributed by atoms with van der Waals surface area (Å²) in [6, 6.07) is 0. The fraction of sp³-hybridized carbons (Fsp3) is 0.818. The Balaban J connectivity index is 2.58. The van der Waals surface area contributed by atoms with Gasteiger partial charge in [0.15, 0.2) is 0 Å². The van der Waals surface area contributed by atoms with Gasteiger partial charge in [-0.25, -0.2) is 4.79 Å². The highest BCUT2D eigenvalue weighted by Gasteiger charge is 2.45. The molecule has 5 nitrogen and oxygen atoms in total. The average molecular weight is 228 g/mol. The molecule has 0 aromatic rings. The number of nitrogens with zero attached hydrogens (tertiary/aromatic N) is 1. The minimum Gasteiger partial charge on any atom is -0.480 e. The molecule has 0 bridgehead atoms. The van der Waals surface area contributed by atoms with Crippen molar-refractivity contribution in [3.8, 4) is 0 Å². The van der Waals surface area contributed by atoms with Crippen molar-refractivity contribution in [2.24, 2.45) is 0 Å². The first-order valence-corrected chi connectivity index (χ1v) is 5.71. The van der Waals surface area contributed by atoms with E-state index in [1.165, 1.54) is 4.90 Å². The Morgan fingerprint density at radius 3 is 2.75 bits per heavy atom. The third-order valence-electron chi connectivity index (χ3n) is 3.22. The second-order valence-corrected chi connectivity index (χ2v) is 4.44. The lowest BCUT2D eigenvalue weighted by Gasteiger charge is -2.31. The summed E-state index contributed by atoms with van der Waals surface area (Å²) in [5.41, 5.74) is -0.989. The Kier molecular flexibility index (Phi) is 4.29. The monoisotopic (exact) mass is 228 g/mol. The molecule has 1 aliphatic rings. The van der Waals surface area contributed by atoms with E-state index in [1.807, 2.05) is 7.05 Å². The topological polar surface area (TPSA) is 69.6 Å². The maximum atomic E-state index is 11.9. The van der Waals surface area contributed by atoms with Crippen LogP contribution in [0.15, 0.2) is 0 Å². The first-order valence-electron chi connectivity index (χ1n) is 5.71. The van der Waals surface area contributed by atoms with Crippen molar-refractivity contribution in [2.75, 3.05) is 20.1 Å². The molecule has 0 aromatic carbocycles. The summed E-state index contributed by atoms with van der Waals surface area (Å²) in [5, 5.41) is 12.1. The zero-order valence-corrected chi connectivity index (χ0v) is 9.95. The van der Waals surface area contributed by atoms with Crippen LogP contribution in [0.2, 0.25) is 0 Å². The van der Waals surface area contributed by atoms with E-state index in [-0.39, 0.29) is 5.91 Å². The summed E-state index contributed by atoms with van der Waals surface area (Å²) in [5.74, 6) is -0.940. The van der Waals surface area contributed by atoms with E-state index in [9.17, 15) is 9.59 Å². The second-order valence-electron chi connectivity index (χ2n) is 4.44. The Bertz CT molecular complexity index is 280. The van der Waals surface area contributed by atoms with E-state index in [0.29, 0.717) is 19.4 Å². The van der Waals surface area contributed by atoms with Gasteiger partial charge in [0.05, 0.1) is 0 Å². The first kappa shape index (κ1) is 13.0. The Labute approximate surface area is 95.8 Å². The van der Waals surface area contributed by atoms with E-state index in [4.69, 9.17) is 5.11 Å². The van der Waals surface area contributed by atoms with Gasteiger partial charge in [-0.15, -0.1) is 0 Å². The van der Waals surface area contributed by atoms with Gasteiger partial charge >= 0.3 is 5.97 Å². The third-order valence-corrected chi connectivity index (χ3v) is 3.22. The van der Waals surface area contributed by atoms with E-state index in [1.54, 1.807) is 6.92 Å². The number of likely N-dealkylation sites (tertiary alicyclic amines) is 1. The molecule has 1 aliphatic heterocycles. The fourth-order valence-electron chi connectivity index (χ4n) is 2.14. The minimum atomic E-state index is -0.989. The molecule has 0 radical (unpaired) electrons. The van der Waals surface area contributed by atoms with Gasteiger partial charge in [-0.3, -0.25) is 4.79 Å². The van der Waals surface area contributed by atoms with Crippen LogP contribution >= 0.6 is 0 Å². The normalized spacial score (nSPS) is 24.8. The molecule has 92 valence electrons. The summed E-state index contributed by atoms with van der Waals surface area (Å²) in [7, 11) is 1.84. The third kappa shape index (κ3) is 2.52. The molecule has 1 amide bonds. The molecule has 1 atom stereocenters. The zero-order chi connectivity index (χ0) is 12.2. The van der Waals surface area contributed by atoms with Gasteiger partial charge in [0.2, 0.25) is 5.91 Å². The Morgan fingerprint density at radius 1 is 1.50 bits per heavy atom. The fourth-order valence-corrected chi connectivity index (χ4v) is 2.14. The summed E-state index contributed by atoms with van der Waals surface area (Å²) >= 11 is 0. The van der Waals surface area contributed by atoms with E-state index in [0.717, 1.165) is 19.4 Å². The molecular weight excluding hydrogens is 208 g/mol. The van der Waals surface area contributed by atoms with Gasteiger partial charge in [-0.2, -0.15) is 0 Å². The minimum absolute atomic E-state index is 0.0438. The van der Waals surface area contributed by atoms with Crippen molar-refractivity contribution in [1.82, 2.24) is 10.2 Å². The van der Waals surface area contributed by atoms with Gasteiger partial charge in [0.1, 0.15) is 5.54 Å². The molecule has 1 unspecified atom stereocenters. The standard InChI is InChI=1S/C11H20N2O3/c1-11(10(15)16)6-4-8-13(11)9(14)5-3-7-12-2/h12H,3-8H2,1-2H3,(H,15,16). The van der Waals surface area contributed by atoms with E-state index >= 15 is 0 Å². The zero-order valence-electron chi connectivity index (χ0n) is 9.95. The van der Waals surface area contributed by atoms with Crippen molar-refractivity contribution < 1.29 is 14.7 Å². The van der Waals surface area contributed by atoms with Crippen LogP contribution in [0.4, 0.5) is 0 Å². The van der Waals surface area contributed by atoms with Gasteiger partial charge in [-0.05, 0) is 39.8 Å². The molecule has 0 saturated carbocycles. The van der Waals surface area contributed by atoms with Crippen LogP contribution in [0.3, 0.4) is 0 Å². The molecule has 0 spiro atoms. The van der Waals surface area contributed by atoms with Crippen LogP contribution in [0, 0.1) is 0 Å². The first-order chi connectivity index (χ1) is 7.52. The van der Waals surface area contributed by atoms with Gasteiger partial charge in [0.25, 0.3) is 0 Å². The van der Waals surface area contributed by atoms with E-state index < -0.39 is 11.5 Å². The average Bonchev–Trinajstić information content (AvgIpc) is 2.62. The summed E-state index contributed by atoms with van der Waals surface area (Å²) < 4.78 is 0. The van der Waals surface area contributed by atoms with E-state index in [2.05, 4.69) is 5.32 Å². The lowest BCUT2D eigenvalue weighted by Crippen LogP contribution is -2.50. The number of amides is 1. The molecular formula is C11H20N2O3. The molecule has 0 aliphatic carbocycles. The van der Waals surface area contributed by atoms with Crippen molar-refractivity contribution in [3.63, 3.8) is 0 Å². The molecule has 0 aromatic heterocycles. The number of carbonyl (C=O) groups excluding carboxylic acids is 1. The number of carboxylic acid groups (broad SMARTS) is 1. The smallest absolute Gasteiger partial charge is 0.329 e. The molecule has 5 heteroatoms. The number of hydrogen-bond acceptors (Lipinski definition) is 3. The quantitative estimate of drug-likeness (QED) is 0.670. The summed E-state index contributed by atoms with van der Waals surface area (Å²) in [6.45, 7) is 2.99. The predicted octanol–water partition coefficient (Wildman–Crippen LogP) is 0.452. The number of hydrogen-bond donors (Lipinski definition) is 2. The summed E-state index contributed by atoms with van der Waals surface area (Å²) in [6.07, 6.45) is 2.51. The highest BCUT2D eigenvalue weighted by molar-refractivity contribution is 5.87. The maximum absolute atomic E-state index is 11.9. The van der Waals surface area contributed by atoms with Crippen molar-refractivity contribution in [1.29, 1.82) is 0 Å². The number of carboxylic acids is 1. The Hall–Kier alpha value is -1.10. The molecule has 16 heavy (non-hydrogen) atoms. The number of carbonyl (C=O) groups is 2. The van der Waals surface area contributed by atoms with Gasteiger partial charge in [0, 0.05) is 13.0 Å². The maximum Gasteiger partial charge on any atom is 0.329 e. The lowest BCUT2D eigenvalue weighted by molar-refractivity contribution is -0.155. The lowest BCUT2D eigenvalue weighted by atomic mass is 9.99. The van der Waals surface area contributed by atoms with Gasteiger partial charge < -0.3 is 15.3 Å². The number of aliphatic carboxylic acids is 1. The molecule has 1 heterocycles. The number of nitrogens with one attached hydrogen (secondary N) is 1. The molecule has 2 N–H and O–H groups in total. The predicted molar refractivity (Wildman–Crippen MR) is 60.1 cm³/mol. The van der Waals surface area contributed by atoms with Crippen LogP contribution in [-0.4, -0.2) is 47.6 Å². The van der Waals surface area contributed by atoms with Crippen LogP contribution in [-0.2, 0) is 9.59 Å². The van der Waals surface area contributed by atoms with Crippen molar-refractivity contribution in [2.45, 2.75) is 38.1 Å². The Morgan fingerprint density at radius 2 is 2.19 bits per heavy atom. The number of rotatable bonds is 5. The van der Waals surface area contributed by atoms with Crippen molar-refractivity contribution >= 4 is 11.9 Å². The van der Waals surface area contributed by atoms with Crippen molar-refractivity contribution in [3.05, 3.63) is 0 Å². The SMILES string of the molecule is CNCCCC(=O)N1CCCC1(C)C(=O)O. The van der Waals surface area contributed by atoms with Gasteiger partial charge in [-0.1, -0.05) is 0 Å².